The fourth-order valence-corrected chi connectivity index (χ4v) is 2.75. The van der Waals surface area contributed by atoms with E-state index >= 15 is 0 Å². The molecule has 2 aromatic rings. The SMILES string of the molecule is CCC(C)n1nccc1NC(=O)c1cc(Cl)c2c(c1)OCCCO2. The predicted octanol–water partition coefficient (Wildman–Crippen LogP) is 3.92. The number of carbonyl (C=O) groups is 1. The first-order valence-electron chi connectivity index (χ1n) is 8.04. The molecule has 0 bridgehead atoms. The van der Waals surface area contributed by atoms with Gasteiger partial charge in [0, 0.05) is 18.1 Å². The zero-order valence-electron chi connectivity index (χ0n) is 13.7. The van der Waals surface area contributed by atoms with E-state index in [4.69, 9.17) is 21.1 Å². The molecule has 1 aromatic carbocycles. The van der Waals surface area contributed by atoms with E-state index in [9.17, 15) is 4.79 Å². The minimum atomic E-state index is -0.266. The quantitative estimate of drug-likeness (QED) is 0.908. The van der Waals surface area contributed by atoms with E-state index in [0.717, 1.165) is 12.8 Å². The number of ether oxygens (including phenoxy) is 2. The lowest BCUT2D eigenvalue weighted by Gasteiger charge is -2.15. The highest BCUT2D eigenvalue weighted by Crippen LogP contribution is 2.38. The number of benzene rings is 1. The van der Waals surface area contributed by atoms with Gasteiger partial charge in [0.05, 0.1) is 30.5 Å². The van der Waals surface area contributed by atoms with E-state index < -0.39 is 0 Å². The summed E-state index contributed by atoms with van der Waals surface area (Å²) in [4.78, 5) is 12.6. The van der Waals surface area contributed by atoms with Crippen molar-refractivity contribution in [1.29, 1.82) is 0 Å². The Bertz CT molecular complexity index is 745. The number of carbonyl (C=O) groups excluding carboxylic acids is 1. The van der Waals surface area contributed by atoms with Crippen LogP contribution in [0, 0.1) is 0 Å². The van der Waals surface area contributed by atoms with E-state index in [1.165, 1.54) is 0 Å². The van der Waals surface area contributed by atoms with Crippen LogP contribution in [0.25, 0.3) is 0 Å². The lowest BCUT2D eigenvalue weighted by atomic mass is 10.2. The van der Waals surface area contributed by atoms with E-state index in [1.54, 1.807) is 29.1 Å². The third kappa shape index (κ3) is 3.33. The zero-order valence-corrected chi connectivity index (χ0v) is 14.5. The summed E-state index contributed by atoms with van der Waals surface area (Å²) in [5.74, 6) is 1.38. The molecule has 128 valence electrons. The fourth-order valence-electron chi connectivity index (χ4n) is 2.49. The predicted molar refractivity (Wildman–Crippen MR) is 92.2 cm³/mol. The monoisotopic (exact) mass is 349 g/mol. The molecule has 1 unspecified atom stereocenters. The van der Waals surface area contributed by atoms with Crippen molar-refractivity contribution in [2.45, 2.75) is 32.7 Å². The number of amides is 1. The first kappa shape index (κ1) is 16.6. The molecule has 1 N–H and O–H groups in total. The molecule has 3 rings (SSSR count). The van der Waals surface area contributed by atoms with Crippen molar-refractivity contribution in [1.82, 2.24) is 9.78 Å². The summed E-state index contributed by atoms with van der Waals surface area (Å²) in [5.41, 5.74) is 0.418. The summed E-state index contributed by atoms with van der Waals surface area (Å²) < 4.78 is 13.0. The van der Waals surface area contributed by atoms with Crippen molar-refractivity contribution < 1.29 is 14.3 Å². The number of halogens is 1. The summed E-state index contributed by atoms with van der Waals surface area (Å²) in [6, 6.07) is 5.22. The smallest absolute Gasteiger partial charge is 0.257 e. The van der Waals surface area contributed by atoms with E-state index in [-0.39, 0.29) is 11.9 Å². The Morgan fingerprint density at radius 2 is 2.21 bits per heavy atom. The molecule has 1 atom stereocenters. The van der Waals surface area contributed by atoms with Crippen LogP contribution in [-0.4, -0.2) is 28.9 Å². The van der Waals surface area contributed by atoms with Gasteiger partial charge >= 0.3 is 0 Å². The number of nitrogens with one attached hydrogen (secondary N) is 1. The highest BCUT2D eigenvalue weighted by molar-refractivity contribution is 6.32. The van der Waals surface area contributed by atoms with Crippen molar-refractivity contribution in [3.63, 3.8) is 0 Å². The van der Waals surface area contributed by atoms with Crippen molar-refractivity contribution >= 4 is 23.3 Å². The maximum absolute atomic E-state index is 12.6. The van der Waals surface area contributed by atoms with E-state index in [0.29, 0.717) is 41.1 Å². The number of rotatable bonds is 4. The van der Waals surface area contributed by atoms with Gasteiger partial charge in [-0.15, -0.1) is 0 Å². The third-order valence-corrected chi connectivity index (χ3v) is 4.27. The summed E-state index contributed by atoms with van der Waals surface area (Å²) in [6.45, 7) is 5.20. The minimum Gasteiger partial charge on any atom is -0.489 e. The van der Waals surface area contributed by atoms with Gasteiger partial charge in [0.15, 0.2) is 11.5 Å². The molecule has 0 saturated heterocycles. The summed E-state index contributed by atoms with van der Waals surface area (Å²) in [6.07, 6.45) is 3.36. The molecule has 7 heteroatoms. The Kier molecular flexibility index (Phi) is 4.94. The Labute approximate surface area is 145 Å². The first-order valence-corrected chi connectivity index (χ1v) is 8.42. The average Bonchev–Trinajstić information content (AvgIpc) is 2.89. The van der Waals surface area contributed by atoms with E-state index in [2.05, 4.69) is 17.3 Å². The van der Waals surface area contributed by atoms with E-state index in [1.807, 2.05) is 6.92 Å². The Balaban J connectivity index is 1.85. The van der Waals surface area contributed by atoms with Gasteiger partial charge < -0.3 is 14.8 Å². The van der Waals surface area contributed by atoms with Gasteiger partial charge in [0.1, 0.15) is 5.82 Å². The normalized spacial score (nSPS) is 14.8. The molecule has 1 amide bonds. The van der Waals surface area contributed by atoms with Crippen molar-refractivity contribution in [3.05, 3.63) is 35.0 Å². The van der Waals surface area contributed by atoms with Crippen molar-refractivity contribution in [2.24, 2.45) is 0 Å². The highest BCUT2D eigenvalue weighted by Gasteiger charge is 2.19. The maximum atomic E-state index is 12.6. The summed E-state index contributed by atoms with van der Waals surface area (Å²) in [5, 5.41) is 7.51. The van der Waals surface area contributed by atoms with Gasteiger partial charge in [0.25, 0.3) is 5.91 Å². The molecule has 2 heterocycles. The molecule has 1 aliphatic rings. The number of hydrogen-bond donors (Lipinski definition) is 1. The van der Waals surface area contributed by atoms with Gasteiger partial charge in [0.2, 0.25) is 0 Å². The second-order valence-corrected chi connectivity index (χ2v) is 6.12. The lowest BCUT2D eigenvalue weighted by Crippen LogP contribution is -2.17. The van der Waals surface area contributed by atoms with Crippen LogP contribution >= 0.6 is 11.6 Å². The van der Waals surface area contributed by atoms with Gasteiger partial charge in [-0.05, 0) is 25.5 Å². The Morgan fingerprint density at radius 1 is 1.42 bits per heavy atom. The molecule has 0 spiro atoms. The Morgan fingerprint density at radius 3 is 3.00 bits per heavy atom. The molecule has 0 fully saturated rings. The van der Waals surface area contributed by atoms with Crippen LogP contribution in [0.2, 0.25) is 5.02 Å². The van der Waals surface area contributed by atoms with Crippen LogP contribution in [0.4, 0.5) is 5.82 Å². The van der Waals surface area contributed by atoms with Gasteiger partial charge in [-0.25, -0.2) is 4.68 Å². The zero-order chi connectivity index (χ0) is 17.1. The number of fused-ring (bicyclic) bond motifs is 1. The Hall–Kier alpha value is -2.21. The number of aromatic nitrogens is 2. The van der Waals surface area contributed by atoms with Gasteiger partial charge in [-0.3, -0.25) is 4.79 Å². The minimum absolute atomic E-state index is 0.197. The molecule has 1 aliphatic heterocycles. The van der Waals surface area contributed by atoms with Crippen molar-refractivity contribution in [2.75, 3.05) is 18.5 Å². The maximum Gasteiger partial charge on any atom is 0.257 e. The molecular formula is C17H20ClN3O3. The fraction of sp³-hybridized carbons (Fsp3) is 0.412. The van der Waals surface area contributed by atoms with Crippen LogP contribution in [0.1, 0.15) is 43.1 Å². The highest BCUT2D eigenvalue weighted by atomic mass is 35.5. The summed E-state index contributed by atoms with van der Waals surface area (Å²) in [7, 11) is 0. The van der Waals surface area contributed by atoms with Crippen LogP contribution in [-0.2, 0) is 0 Å². The average molecular weight is 350 g/mol. The lowest BCUT2D eigenvalue weighted by molar-refractivity contribution is 0.102. The molecule has 0 radical (unpaired) electrons. The summed E-state index contributed by atoms with van der Waals surface area (Å²) >= 11 is 6.25. The topological polar surface area (TPSA) is 65.4 Å². The number of nitrogens with zero attached hydrogens (tertiary/aromatic N) is 2. The van der Waals surface area contributed by atoms with Crippen LogP contribution in [0.3, 0.4) is 0 Å². The first-order chi connectivity index (χ1) is 11.6. The molecular weight excluding hydrogens is 330 g/mol. The molecule has 0 saturated carbocycles. The largest absolute Gasteiger partial charge is 0.489 e. The number of hydrogen-bond acceptors (Lipinski definition) is 4. The number of anilines is 1. The molecule has 1 aromatic heterocycles. The van der Waals surface area contributed by atoms with Crippen LogP contribution in [0.15, 0.2) is 24.4 Å². The second-order valence-electron chi connectivity index (χ2n) is 5.71. The molecule has 0 aliphatic carbocycles. The molecule has 6 nitrogen and oxygen atoms in total. The van der Waals surface area contributed by atoms with Crippen LogP contribution in [0.5, 0.6) is 11.5 Å². The standard InChI is InChI=1S/C17H20ClN3O3/c1-3-11(2)21-15(5-6-19-21)20-17(22)12-9-13(18)16-14(10-12)23-7-4-8-24-16/h5-6,9-11H,3-4,7-8H2,1-2H3,(H,20,22). The van der Waals surface area contributed by atoms with Crippen LogP contribution < -0.4 is 14.8 Å². The molecule has 24 heavy (non-hydrogen) atoms. The van der Waals surface area contributed by atoms with Crippen molar-refractivity contribution in [3.8, 4) is 11.5 Å². The second kappa shape index (κ2) is 7.13. The van der Waals surface area contributed by atoms with Gasteiger partial charge in [-0.2, -0.15) is 5.10 Å². The third-order valence-electron chi connectivity index (χ3n) is 3.98. The van der Waals surface area contributed by atoms with Gasteiger partial charge in [-0.1, -0.05) is 18.5 Å².